The fraction of sp³-hybridized carbons (Fsp3) is 0.300. The molecule has 0 spiro atoms. The Morgan fingerprint density at radius 1 is 1.20 bits per heavy atom. The zero-order valence-corrected chi connectivity index (χ0v) is 26.1. The van der Waals surface area contributed by atoms with Crippen LogP contribution in [0.15, 0.2) is 65.7 Å². The van der Waals surface area contributed by atoms with Crippen molar-refractivity contribution in [3.63, 3.8) is 0 Å². The van der Waals surface area contributed by atoms with Gasteiger partial charge in [-0.2, -0.15) is 5.26 Å². The third-order valence-corrected chi connectivity index (χ3v) is 9.35. The third-order valence-electron chi connectivity index (χ3n) is 7.46. The van der Waals surface area contributed by atoms with Crippen molar-refractivity contribution in [2.75, 3.05) is 16.1 Å². The summed E-state index contributed by atoms with van der Waals surface area (Å²) in [7, 11) is -1.68. The van der Waals surface area contributed by atoms with Crippen molar-refractivity contribution in [2.45, 2.75) is 54.6 Å². The minimum absolute atomic E-state index is 0.0174. The van der Waals surface area contributed by atoms with Crippen LogP contribution in [0.3, 0.4) is 0 Å². The van der Waals surface area contributed by atoms with Crippen molar-refractivity contribution < 1.29 is 31.8 Å². The van der Waals surface area contributed by atoms with Gasteiger partial charge in [0.05, 0.1) is 11.6 Å². The highest BCUT2D eigenvalue weighted by atomic mass is 127. The molecule has 3 amide bonds. The van der Waals surface area contributed by atoms with Gasteiger partial charge in [0, 0.05) is 62.7 Å². The molecule has 1 saturated heterocycles. The molecule has 2 fully saturated rings. The molecule has 0 radical (unpaired) electrons. The van der Waals surface area contributed by atoms with Crippen molar-refractivity contribution >= 4 is 62.6 Å². The number of pyridine rings is 1. The predicted octanol–water partition coefficient (Wildman–Crippen LogP) is 4.62. The molecule has 3 aromatic rings. The van der Waals surface area contributed by atoms with Crippen LogP contribution in [-0.2, 0) is 25.2 Å². The molecule has 0 unspecified atom stereocenters. The molecular formula is C30H25F3IN5O4S. The Kier molecular flexibility index (Phi) is 9.07. The Balaban J connectivity index is 1.66. The first-order chi connectivity index (χ1) is 20.9. The van der Waals surface area contributed by atoms with Crippen LogP contribution in [0.4, 0.5) is 24.7 Å². The number of halogens is 4. The monoisotopic (exact) mass is 735 g/mol. The molecule has 1 aliphatic heterocycles. The topological polar surface area (TPSA) is 123 Å². The largest absolute Gasteiger partial charge is 0.351 e. The van der Waals surface area contributed by atoms with Crippen LogP contribution in [0.5, 0.6) is 0 Å². The summed E-state index contributed by atoms with van der Waals surface area (Å²) in [5, 5.41) is 12.0. The van der Waals surface area contributed by atoms with E-state index in [4.69, 9.17) is 0 Å². The minimum atomic E-state index is -2.93. The van der Waals surface area contributed by atoms with Crippen LogP contribution in [-0.4, -0.2) is 51.2 Å². The Morgan fingerprint density at radius 3 is 2.59 bits per heavy atom. The Hall–Kier alpha value is -3.84. The molecule has 1 saturated carbocycles. The van der Waals surface area contributed by atoms with E-state index < -0.39 is 71.2 Å². The lowest BCUT2D eigenvalue weighted by molar-refractivity contribution is -0.133. The molecule has 0 bridgehead atoms. The van der Waals surface area contributed by atoms with E-state index in [-0.39, 0.29) is 34.8 Å². The van der Waals surface area contributed by atoms with E-state index in [0.717, 1.165) is 21.9 Å². The lowest BCUT2D eigenvalue weighted by Gasteiger charge is -2.39. The molecule has 1 N–H and O–H groups in total. The van der Waals surface area contributed by atoms with Gasteiger partial charge in [0.15, 0.2) is 0 Å². The van der Waals surface area contributed by atoms with Crippen molar-refractivity contribution in [3.8, 4) is 6.07 Å². The fourth-order valence-corrected chi connectivity index (χ4v) is 6.63. The van der Waals surface area contributed by atoms with Gasteiger partial charge in [-0.3, -0.25) is 28.4 Å². The number of anilines is 2. The maximum Gasteiger partial charge on any atom is 0.252 e. The van der Waals surface area contributed by atoms with Crippen LogP contribution in [0.2, 0.25) is 0 Å². The number of carbonyl (C=O) groups excluding carboxylic acids is 3. The van der Waals surface area contributed by atoms with Gasteiger partial charge in [-0.05, 0) is 71.0 Å². The van der Waals surface area contributed by atoms with Gasteiger partial charge in [-0.15, -0.1) is 0 Å². The number of aromatic nitrogens is 1. The summed E-state index contributed by atoms with van der Waals surface area (Å²) in [6.07, 6.45) is 1.48. The first-order valence-corrected chi connectivity index (χ1v) is 16.1. The molecule has 1 aliphatic carbocycles. The predicted molar refractivity (Wildman–Crippen MR) is 164 cm³/mol. The second kappa shape index (κ2) is 12.6. The number of nitriles is 1. The van der Waals surface area contributed by atoms with Crippen LogP contribution >= 0.6 is 22.6 Å². The first kappa shape index (κ1) is 31.6. The minimum Gasteiger partial charge on any atom is -0.351 e. The molecule has 2 heterocycles. The van der Waals surface area contributed by atoms with Crippen molar-refractivity contribution in [1.82, 2.24) is 10.3 Å². The van der Waals surface area contributed by atoms with E-state index >= 15 is 4.39 Å². The van der Waals surface area contributed by atoms with E-state index in [1.807, 2.05) is 28.7 Å². The van der Waals surface area contributed by atoms with Crippen molar-refractivity contribution in [2.24, 2.45) is 0 Å². The number of hydrogen-bond donors (Lipinski definition) is 1. The van der Waals surface area contributed by atoms with Crippen LogP contribution < -0.4 is 15.1 Å². The summed E-state index contributed by atoms with van der Waals surface area (Å²) in [6.45, 7) is 0. The fourth-order valence-electron chi connectivity index (χ4n) is 5.38. The van der Waals surface area contributed by atoms with Gasteiger partial charge < -0.3 is 5.32 Å². The van der Waals surface area contributed by atoms with Gasteiger partial charge in [0.25, 0.3) is 11.8 Å². The maximum absolute atomic E-state index is 15.0. The summed E-state index contributed by atoms with van der Waals surface area (Å²) in [5.41, 5.74) is 0.414. The SMILES string of the molecule is C[S@](=O)c1cc(F)cc(N(C(=O)[C@@H]2CCC(=O)N2c2cc(C#N)ccn2)[C@H](C(=O)NC2CC(F)(F)C2)c2ccccc2I)c1. The van der Waals surface area contributed by atoms with Crippen LogP contribution in [0, 0.1) is 20.7 Å². The Morgan fingerprint density at radius 2 is 1.93 bits per heavy atom. The normalized spacial score (nSPS) is 19.0. The van der Waals surface area contributed by atoms with Gasteiger partial charge in [-0.25, -0.2) is 18.2 Å². The second-order valence-electron chi connectivity index (χ2n) is 10.5. The van der Waals surface area contributed by atoms with E-state index in [0.29, 0.717) is 9.13 Å². The molecule has 44 heavy (non-hydrogen) atoms. The molecular weight excluding hydrogens is 710 g/mol. The summed E-state index contributed by atoms with van der Waals surface area (Å²) in [4.78, 5) is 48.2. The van der Waals surface area contributed by atoms with Gasteiger partial charge in [0.2, 0.25) is 11.8 Å². The smallest absolute Gasteiger partial charge is 0.252 e. The lowest BCUT2D eigenvalue weighted by atomic mass is 9.87. The van der Waals surface area contributed by atoms with Crippen LogP contribution in [0.25, 0.3) is 0 Å². The molecule has 5 rings (SSSR count). The highest BCUT2D eigenvalue weighted by Gasteiger charge is 2.48. The number of hydrogen-bond acceptors (Lipinski definition) is 6. The number of amides is 3. The zero-order chi connectivity index (χ0) is 31.8. The summed E-state index contributed by atoms with van der Waals surface area (Å²) in [6, 6.07) is 11.2. The summed E-state index contributed by atoms with van der Waals surface area (Å²) >= 11 is 1.98. The van der Waals surface area contributed by atoms with Crippen molar-refractivity contribution in [1.29, 1.82) is 5.26 Å². The van der Waals surface area contributed by atoms with E-state index in [1.165, 1.54) is 30.7 Å². The number of benzene rings is 2. The van der Waals surface area contributed by atoms with Gasteiger partial charge >= 0.3 is 0 Å². The second-order valence-corrected chi connectivity index (χ2v) is 13.1. The molecule has 9 nitrogen and oxygen atoms in total. The molecule has 1 aromatic heterocycles. The average molecular weight is 736 g/mol. The van der Waals surface area contributed by atoms with Gasteiger partial charge in [-0.1, -0.05) is 18.2 Å². The summed E-state index contributed by atoms with van der Waals surface area (Å²) < 4.78 is 55.4. The quantitative estimate of drug-likeness (QED) is 0.337. The molecule has 14 heteroatoms. The highest BCUT2D eigenvalue weighted by Crippen LogP contribution is 2.39. The van der Waals surface area contributed by atoms with Gasteiger partial charge in [0.1, 0.15) is 23.7 Å². The number of carbonyl (C=O) groups is 3. The third kappa shape index (κ3) is 6.48. The number of alkyl halides is 2. The number of nitrogens with one attached hydrogen (secondary N) is 1. The molecule has 3 atom stereocenters. The van der Waals surface area contributed by atoms with Crippen molar-refractivity contribution in [3.05, 3.63) is 81.3 Å². The Labute approximate surface area is 267 Å². The highest BCUT2D eigenvalue weighted by molar-refractivity contribution is 14.1. The average Bonchev–Trinajstić information content (AvgIpc) is 3.36. The summed E-state index contributed by atoms with van der Waals surface area (Å²) in [5.74, 6) is -5.72. The first-order valence-electron chi connectivity index (χ1n) is 13.5. The standard InChI is InChI=1S/C30H25F3IN5O4S/c1-44(43)21-12-18(31)11-20(13-21)38(29(42)24-6-7-26(40)39(24)25-10-17(16-35)8-9-36-25)27(22-4-2-3-5-23(22)34)28(41)37-19-14-30(32,33)15-19/h2-5,8-13,19,24,27H,6-7,14-15H2,1H3,(H,37,41)/t24-,27-,44-/m0/s1. The Bertz CT molecular complexity index is 1710. The van der Waals surface area contributed by atoms with E-state index in [9.17, 15) is 32.6 Å². The zero-order valence-electron chi connectivity index (χ0n) is 23.2. The van der Waals surface area contributed by atoms with Crippen LogP contribution in [0.1, 0.15) is 42.9 Å². The molecule has 228 valence electrons. The molecule has 2 aliphatic rings. The molecule has 2 aromatic carbocycles. The van der Waals surface area contributed by atoms with E-state index in [2.05, 4.69) is 10.3 Å². The lowest BCUT2D eigenvalue weighted by Crippen LogP contribution is -2.56. The number of rotatable bonds is 8. The maximum atomic E-state index is 15.0. The van der Waals surface area contributed by atoms with E-state index in [1.54, 1.807) is 24.3 Å². The number of nitrogens with zero attached hydrogens (tertiary/aromatic N) is 4.